The molecule has 21 heavy (non-hydrogen) atoms. The van der Waals surface area contributed by atoms with Gasteiger partial charge in [0.1, 0.15) is 11.4 Å². The molecule has 3 aromatic rings. The second-order valence-electron chi connectivity index (χ2n) is 4.88. The van der Waals surface area contributed by atoms with Crippen LogP contribution in [-0.2, 0) is 0 Å². The number of aromatic nitrogens is 4. The van der Waals surface area contributed by atoms with Crippen LogP contribution in [0.5, 0.6) is 0 Å². The Bertz CT molecular complexity index is 729. The summed E-state index contributed by atoms with van der Waals surface area (Å²) in [6.07, 6.45) is 3.42. The first kappa shape index (κ1) is 14.4. The number of thioether (sulfide) groups is 1. The lowest BCUT2D eigenvalue weighted by atomic mass is 10.3. The number of hydrogen-bond acceptors (Lipinski definition) is 4. The van der Waals surface area contributed by atoms with Crippen LogP contribution < -0.4 is 0 Å². The van der Waals surface area contributed by atoms with E-state index < -0.39 is 0 Å². The number of halogens is 1. The summed E-state index contributed by atoms with van der Waals surface area (Å²) in [5.74, 6) is 2.04. The van der Waals surface area contributed by atoms with Crippen LogP contribution in [0.1, 0.15) is 6.92 Å². The first-order valence-electron chi connectivity index (χ1n) is 6.72. The third-order valence-electron chi connectivity index (χ3n) is 3.10. The van der Waals surface area contributed by atoms with Gasteiger partial charge in [-0.1, -0.05) is 25.1 Å². The van der Waals surface area contributed by atoms with E-state index in [2.05, 4.69) is 22.0 Å². The zero-order valence-electron chi connectivity index (χ0n) is 11.6. The predicted octanol–water partition coefficient (Wildman–Crippen LogP) is 3.78. The summed E-state index contributed by atoms with van der Waals surface area (Å²) in [5, 5.41) is 6.39. The predicted molar refractivity (Wildman–Crippen MR) is 87.3 cm³/mol. The average molecular weight is 319 g/mol. The summed E-state index contributed by atoms with van der Waals surface area (Å²) in [4.78, 5) is 8.75. The molecule has 0 amide bonds. The number of nitrogens with zero attached hydrogens (tertiary/aromatic N) is 4. The molecule has 0 aliphatic carbocycles. The summed E-state index contributed by atoms with van der Waals surface area (Å²) in [6, 6.07) is 9.98. The van der Waals surface area contributed by atoms with E-state index in [1.165, 1.54) is 0 Å². The van der Waals surface area contributed by atoms with Gasteiger partial charge in [-0.2, -0.15) is 5.10 Å². The molecule has 3 rings (SSSR count). The average Bonchev–Trinajstić information content (AvgIpc) is 2.98. The lowest BCUT2D eigenvalue weighted by Crippen LogP contribution is -2.00. The molecule has 0 aliphatic heterocycles. The van der Waals surface area contributed by atoms with Crippen molar-refractivity contribution in [3.63, 3.8) is 0 Å². The van der Waals surface area contributed by atoms with Gasteiger partial charge in [0.2, 0.25) is 0 Å². The van der Waals surface area contributed by atoms with Crippen LogP contribution in [0.2, 0.25) is 0 Å². The third-order valence-corrected chi connectivity index (χ3v) is 4.96. The minimum absolute atomic E-state index is 0.450. The molecule has 6 heteroatoms. The number of benzene rings is 1. The standard InChI is InChI=1S/C15H15ClN4S/c1-11(7-16)9-21-15-13-8-19-20(14(13)17-10-18-15)12-5-3-2-4-6-12/h2-6,8,10-11H,7,9H2,1H3. The molecular weight excluding hydrogens is 304 g/mol. The Morgan fingerprint density at radius 2 is 2.05 bits per heavy atom. The van der Waals surface area contributed by atoms with E-state index in [4.69, 9.17) is 11.6 Å². The van der Waals surface area contributed by atoms with Gasteiger partial charge in [-0.05, 0) is 18.1 Å². The molecular formula is C15H15ClN4S. The van der Waals surface area contributed by atoms with Crippen LogP contribution in [0.25, 0.3) is 16.7 Å². The quantitative estimate of drug-likeness (QED) is 0.408. The second kappa shape index (κ2) is 6.45. The molecule has 1 atom stereocenters. The van der Waals surface area contributed by atoms with Crippen LogP contribution in [0.15, 0.2) is 47.9 Å². The molecule has 1 aromatic carbocycles. The van der Waals surface area contributed by atoms with E-state index in [9.17, 15) is 0 Å². The summed E-state index contributed by atoms with van der Waals surface area (Å²) < 4.78 is 1.84. The maximum Gasteiger partial charge on any atom is 0.167 e. The largest absolute Gasteiger partial charge is 0.229 e. The van der Waals surface area contributed by atoms with E-state index in [-0.39, 0.29) is 0 Å². The molecule has 4 nitrogen and oxygen atoms in total. The monoisotopic (exact) mass is 318 g/mol. The summed E-state index contributed by atoms with van der Waals surface area (Å²) in [5.41, 5.74) is 1.83. The van der Waals surface area contributed by atoms with Crippen molar-refractivity contribution in [3.05, 3.63) is 42.9 Å². The Balaban J connectivity index is 1.97. The minimum atomic E-state index is 0.450. The molecule has 0 aliphatic rings. The highest BCUT2D eigenvalue weighted by atomic mass is 35.5. The second-order valence-corrected chi connectivity index (χ2v) is 6.20. The van der Waals surface area contributed by atoms with Gasteiger partial charge in [-0.25, -0.2) is 14.6 Å². The maximum absolute atomic E-state index is 5.86. The molecule has 1 unspecified atom stereocenters. The van der Waals surface area contributed by atoms with Gasteiger partial charge in [0.25, 0.3) is 0 Å². The molecule has 0 spiro atoms. The number of para-hydroxylation sites is 1. The van der Waals surface area contributed by atoms with Gasteiger partial charge < -0.3 is 0 Å². The van der Waals surface area contributed by atoms with Crippen LogP contribution in [0.3, 0.4) is 0 Å². The number of hydrogen-bond donors (Lipinski definition) is 0. The van der Waals surface area contributed by atoms with Crippen molar-refractivity contribution in [1.29, 1.82) is 0 Å². The zero-order valence-corrected chi connectivity index (χ0v) is 13.2. The Labute approximate surface area is 132 Å². The van der Waals surface area contributed by atoms with Gasteiger partial charge in [-0.15, -0.1) is 23.4 Å². The summed E-state index contributed by atoms with van der Waals surface area (Å²) in [6.45, 7) is 2.13. The Morgan fingerprint density at radius 1 is 1.24 bits per heavy atom. The van der Waals surface area contributed by atoms with Gasteiger partial charge >= 0.3 is 0 Å². The first-order valence-corrected chi connectivity index (χ1v) is 8.24. The van der Waals surface area contributed by atoms with Gasteiger partial charge in [-0.3, -0.25) is 0 Å². The third kappa shape index (κ3) is 3.04. The fourth-order valence-corrected chi connectivity index (χ4v) is 3.18. The molecule has 0 radical (unpaired) electrons. The van der Waals surface area contributed by atoms with Crippen molar-refractivity contribution in [1.82, 2.24) is 19.7 Å². The van der Waals surface area contributed by atoms with Gasteiger partial charge in [0, 0.05) is 11.6 Å². The molecule has 0 fully saturated rings. The van der Waals surface area contributed by atoms with Crippen molar-refractivity contribution in [2.75, 3.05) is 11.6 Å². The van der Waals surface area contributed by atoms with E-state index in [1.807, 2.05) is 41.2 Å². The van der Waals surface area contributed by atoms with Crippen LogP contribution in [-0.4, -0.2) is 31.4 Å². The number of alkyl halides is 1. The van der Waals surface area contributed by atoms with Gasteiger partial charge in [0.15, 0.2) is 5.65 Å². The summed E-state index contributed by atoms with van der Waals surface area (Å²) in [7, 11) is 0. The molecule has 2 aromatic heterocycles. The zero-order chi connectivity index (χ0) is 14.7. The van der Waals surface area contributed by atoms with E-state index in [0.717, 1.165) is 27.5 Å². The van der Waals surface area contributed by atoms with Crippen molar-refractivity contribution in [2.45, 2.75) is 11.9 Å². The molecule has 0 N–H and O–H groups in total. The molecule has 2 heterocycles. The fraction of sp³-hybridized carbons (Fsp3) is 0.267. The highest BCUT2D eigenvalue weighted by molar-refractivity contribution is 7.99. The van der Waals surface area contributed by atoms with E-state index >= 15 is 0 Å². The lowest BCUT2D eigenvalue weighted by Gasteiger charge is -2.07. The fourth-order valence-electron chi connectivity index (χ4n) is 1.96. The highest BCUT2D eigenvalue weighted by Gasteiger charge is 2.12. The lowest BCUT2D eigenvalue weighted by molar-refractivity contribution is 0.758. The Hall–Kier alpha value is -1.59. The van der Waals surface area contributed by atoms with Crippen LogP contribution >= 0.6 is 23.4 Å². The molecule has 108 valence electrons. The minimum Gasteiger partial charge on any atom is -0.229 e. The normalized spacial score (nSPS) is 12.7. The van der Waals surface area contributed by atoms with Gasteiger partial charge in [0.05, 0.1) is 17.3 Å². The highest BCUT2D eigenvalue weighted by Crippen LogP contribution is 2.27. The van der Waals surface area contributed by atoms with Crippen molar-refractivity contribution in [2.24, 2.45) is 5.92 Å². The number of rotatable bonds is 5. The maximum atomic E-state index is 5.86. The SMILES string of the molecule is CC(CCl)CSc1ncnc2c1cnn2-c1ccccc1. The topological polar surface area (TPSA) is 43.6 Å². The first-order chi connectivity index (χ1) is 10.3. The van der Waals surface area contributed by atoms with E-state index in [0.29, 0.717) is 11.8 Å². The molecule has 0 bridgehead atoms. The van der Waals surface area contributed by atoms with Crippen molar-refractivity contribution in [3.8, 4) is 5.69 Å². The van der Waals surface area contributed by atoms with Crippen molar-refractivity contribution >= 4 is 34.4 Å². The summed E-state index contributed by atoms with van der Waals surface area (Å²) >= 11 is 7.56. The van der Waals surface area contributed by atoms with Crippen LogP contribution in [0, 0.1) is 5.92 Å². The van der Waals surface area contributed by atoms with Crippen molar-refractivity contribution < 1.29 is 0 Å². The molecule has 0 saturated heterocycles. The number of fused-ring (bicyclic) bond motifs is 1. The smallest absolute Gasteiger partial charge is 0.167 e. The Kier molecular flexibility index (Phi) is 4.41. The molecule has 0 saturated carbocycles. The van der Waals surface area contributed by atoms with Crippen LogP contribution in [0.4, 0.5) is 0 Å². The van der Waals surface area contributed by atoms with E-state index in [1.54, 1.807) is 18.1 Å². The Morgan fingerprint density at radius 3 is 2.81 bits per heavy atom.